The van der Waals surface area contributed by atoms with Gasteiger partial charge in [-0.15, -0.1) is 11.8 Å². The molecular weight excluding hydrogens is 436 g/mol. The Labute approximate surface area is 170 Å². The van der Waals surface area contributed by atoms with Crippen molar-refractivity contribution < 1.29 is 23.9 Å². The number of rotatable bonds is 7. The minimum absolute atomic E-state index is 0.0109. The molecule has 3 unspecified atom stereocenters. The molecule has 3 rings (SSSR count). The highest BCUT2D eigenvalue weighted by atomic mass is 79.9. The minimum Gasteiger partial charge on any atom is -0.484 e. The summed E-state index contributed by atoms with van der Waals surface area (Å²) >= 11 is 4.96. The number of alkyl halides is 1. The van der Waals surface area contributed by atoms with E-state index in [0.29, 0.717) is 17.9 Å². The van der Waals surface area contributed by atoms with E-state index < -0.39 is 17.6 Å². The van der Waals surface area contributed by atoms with Crippen molar-refractivity contribution in [3.63, 3.8) is 0 Å². The van der Waals surface area contributed by atoms with Crippen molar-refractivity contribution in [2.75, 3.05) is 19.5 Å². The molecule has 1 aromatic rings. The number of methoxy groups -OCH3 is 1. The van der Waals surface area contributed by atoms with Crippen LogP contribution in [0.25, 0.3) is 0 Å². The summed E-state index contributed by atoms with van der Waals surface area (Å²) in [6.07, 6.45) is 0.422. The summed E-state index contributed by atoms with van der Waals surface area (Å²) in [4.78, 5) is 38.9. The Morgan fingerprint density at radius 3 is 2.74 bits per heavy atom. The molecule has 27 heavy (non-hydrogen) atoms. The number of nitrogens with one attached hydrogen (secondary N) is 1. The van der Waals surface area contributed by atoms with Crippen molar-refractivity contribution >= 4 is 45.5 Å². The van der Waals surface area contributed by atoms with E-state index in [2.05, 4.69) is 21.2 Å². The number of hydrogen-bond acceptors (Lipinski definition) is 6. The highest BCUT2D eigenvalue weighted by molar-refractivity contribution is 9.09. The van der Waals surface area contributed by atoms with Crippen LogP contribution in [0.4, 0.5) is 0 Å². The number of thioether (sulfide) groups is 1. The number of hydrogen-bond donors (Lipinski definition) is 1. The van der Waals surface area contributed by atoms with Gasteiger partial charge in [0.2, 0.25) is 0 Å². The van der Waals surface area contributed by atoms with Crippen molar-refractivity contribution in [1.29, 1.82) is 0 Å². The third-order valence-electron chi connectivity index (χ3n) is 4.59. The molecule has 7 nitrogen and oxygen atoms in total. The van der Waals surface area contributed by atoms with Gasteiger partial charge in [0, 0.05) is 10.6 Å². The molecule has 2 fully saturated rings. The van der Waals surface area contributed by atoms with Gasteiger partial charge in [0.25, 0.3) is 11.8 Å². The average molecular weight is 457 g/mol. The van der Waals surface area contributed by atoms with Crippen LogP contribution in [0.1, 0.15) is 13.3 Å². The number of ether oxygens (including phenoxy) is 2. The van der Waals surface area contributed by atoms with Gasteiger partial charge in [0.15, 0.2) is 12.1 Å². The number of benzene rings is 1. The second-order valence-electron chi connectivity index (χ2n) is 6.54. The SMILES string of the molecule is COC(=O)C1CS[C@@H]2N1C(=O)C2(CC(C)Br)NC(=O)COc1ccccc1. The van der Waals surface area contributed by atoms with Crippen LogP contribution in [-0.4, -0.2) is 63.9 Å². The van der Waals surface area contributed by atoms with E-state index in [-0.39, 0.29) is 28.6 Å². The summed E-state index contributed by atoms with van der Waals surface area (Å²) in [7, 11) is 1.31. The van der Waals surface area contributed by atoms with E-state index in [9.17, 15) is 14.4 Å². The van der Waals surface area contributed by atoms with Gasteiger partial charge in [0.05, 0.1) is 7.11 Å². The number of carbonyl (C=O) groups excluding carboxylic acids is 3. The molecule has 0 bridgehead atoms. The fourth-order valence-electron chi connectivity index (χ4n) is 3.47. The summed E-state index contributed by atoms with van der Waals surface area (Å²) < 4.78 is 10.3. The molecule has 0 aliphatic carbocycles. The maximum absolute atomic E-state index is 13.0. The van der Waals surface area contributed by atoms with Crippen molar-refractivity contribution in [2.24, 2.45) is 0 Å². The second-order valence-corrected chi connectivity index (χ2v) is 9.22. The van der Waals surface area contributed by atoms with E-state index in [1.54, 1.807) is 12.1 Å². The number of esters is 1. The molecule has 0 spiro atoms. The lowest BCUT2D eigenvalue weighted by molar-refractivity contribution is -0.169. The van der Waals surface area contributed by atoms with Gasteiger partial charge in [-0.25, -0.2) is 4.79 Å². The molecule has 146 valence electrons. The van der Waals surface area contributed by atoms with Crippen LogP contribution in [0, 0.1) is 0 Å². The van der Waals surface area contributed by atoms with E-state index >= 15 is 0 Å². The van der Waals surface area contributed by atoms with Gasteiger partial charge < -0.3 is 19.7 Å². The normalized spacial score (nSPS) is 27.4. The number of nitrogens with zero attached hydrogens (tertiary/aromatic N) is 1. The lowest BCUT2D eigenvalue weighted by atomic mass is 9.82. The molecule has 4 atom stereocenters. The van der Waals surface area contributed by atoms with Crippen LogP contribution in [0.3, 0.4) is 0 Å². The zero-order chi connectivity index (χ0) is 19.6. The summed E-state index contributed by atoms with van der Waals surface area (Å²) in [5.74, 6) is -0.0252. The topological polar surface area (TPSA) is 84.9 Å². The van der Waals surface area contributed by atoms with Crippen LogP contribution in [0.15, 0.2) is 30.3 Å². The van der Waals surface area contributed by atoms with Gasteiger partial charge >= 0.3 is 5.97 Å². The quantitative estimate of drug-likeness (QED) is 0.380. The predicted molar refractivity (Wildman–Crippen MR) is 105 cm³/mol. The largest absolute Gasteiger partial charge is 0.484 e. The first kappa shape index (κ1) is 20.0. The molecule has 2 heterocycles. The van der Waals surface area contributed by atoms with E-state index in [1.165, 1.54) is 23.8 Å². The predicted octanol–water partition coefficient (Wildman–Crippen LogP) is 1.55. The summed E-state index contributed by atoms with van der Waals surface area (Å²) in [6.45, 7) is 1.73. The summed E-state index contributed by atoms with van der Waals surface area (Å²) in [6, 6.07) is 8.40. The molecular formula is C18H21BrN2O5S. The highest BCUT2D eigenvalue weighted by Gasteiger charge is 2.67. The average Bonchev–Trinajstić information content (AvgIpc) is 3.08. The van der Waals surface area contributed by atoms with Crippen molar-refractivity contribution in [3.05, 3.63) is 30.3 Å². The van der Waals surface area contributed by atoms with Crippen LogP contribution in [0.2, 0.25) is 0 Å². The van der Waals surface area contributed by atoms with Crippen molar-refractivity contribution in [3.8, 4) is 5.75 Å². The Morgan fingerprint density at radius 1 is 1.41 bits per heavy atom. The molecule has 0 saturated carbocycles. The maximum atomic E-state index is 13.0. The van der Waals surface area contributed by atoms with Gasteiger partial charge in [0.1, 0.15) is 17.2 Å². The Bertz CT molecular complexity index is 732. The van der Waals surface area contributed by atoms with Gasteiger partial charge in [-0.05, 0) is 18.6 Å². The van der Waals surface area contributed by atoms with E-state index in [1.807, 2.05) is 25.1 Å². The van der Waals surface area contributed by atoms with Crippen LogP contribution < -0.4 is 10.1 Å². The molecule has 0 radical (unpaired) electrons. The molecule has 2 amide bonds. The zero-order valence-electron chi connectivity index (χ0n) is 15.0. The molecule has 2 aliphatic rings. The number of amides is 2. The van der Waals surface area contributed by atoms with Crippen LogP contribution >= 0.6 is 27.7 Å². The smallest absolute Gasteiger partial charge is 0.329 e. The maximum Gasteiger partial charge on any atom is 0.329 e. The lowest BCUT2D eigenvalue weighted by Gasteiger charge is -2.53. The van der Waals surface area contributed by atoms with E-state index in [4.69, 9.17) is 9.47 Å². The third kappa shape index (κ3) is 3.80. The Morgan fingerprint density at radius 2 is 2.11 bits per heavy atom. The first-order chi connectivity index (χ1) is 12.9. The van der Waals surface area contributed by atoms with Gasteiger partial charge in [-0.3, -0.25) is 9.59 Å². The Kier molecular flexibility index (Phi) is 6.00. The molecule has 1 aromatic carbocycles. The number of para-hydroxylation sites is 1. The Balaban J connectivity index is 1.70. The highest BCUT2D eigenvalue weighted by Crippen LogP contribution is 2.48. The van der Waals surface area contributed by atoms with Gasteiger partial charge in [-0.2, -0.15) is 0 Å². The molecule has 9 heteroatoms. The third-order valence-corrected chi connectivity index (χ3v) is 6.37. The number of β-lactam (4-membered cyclic amide) rings is 1. The van der Waals surface area contributed by atoms with E-state index in [0.717, 1.165) is 0 Å². The standard InChI is InChI=1S/C18H21BrN2O5S/c1-11(19)8-18(20-14(22)9-26-12-6-4-3-5-7-12)16(24)21-13(15(23)25-2)10-27-17(18)21/h3-7,11,13,17H,8-10H2,1-2H3,(H,20,22)/t11?,13?,17-,18?/m0/s1. The first-order valence-electron chi connectivity index (χ1n) is 8.54. The first-order valence-corrected chi connectivity index (χ1v) is 10.5. The fraction of sp³-hybridized carbons (Fsp3) is 0.500. The molecule has 1 N–H and O–H groups in total. The van der Waals surface area contributed by atoms with Crippen LogP contribution in [-0.2, 0) is 19.1 Å². The molecule has 2 saturated heterocycles. The lowest BCUT2D eigenvalue weighted by Crippen LogP contribution is -2.80. The monoisotopic (exact) mass is 456 g/mol. The fourth-order valence-corrected chi connectivity index (χ4v) is 5.59. The molecule has 0 aromatic heterocycles. The van der Waals surface area contributed by atoms with Crippen LogP contribution in [0.5, 0.6) is 5.75 Å². The van der Waals surface area contributed by atoms with Crippen molar-refractivity contribution in [1.82, 2.24) is 10.2 Å². The molecule has 2 aliphatic heterocycles. The minimum atomic E-state index is -1.05. The number of fused-ring (bicyclic) bond motifs is 1. The summed E-state index contributed by atoms with van der Waals surface area (Å²) in [5, 5.41) is 2.58. The zero-order valence-corrected chi connectivity index (χ0v) is 17.4. The Hall–Kier alpha value is -1.74. The number of carbonyl (C=O) groups is 3. The second kappa shape index (κ2) is 8.10. The van der Waals surface area contributed by atoms with Crippen molar-refractivity contribution in [2.45, 2.75) is 35.1 Å². The van der Waals surface area contributed by atoms with Gasteiger partial charge in [-0.1, -0.05) is 41.1 Å². The summed E-state index contributed by atoms with van der Waals surface area (Å²) in [5.41, 5.74) is -1.05. The number of halogens is 1.